The maximum Gasteiger partial charge on any atom is 0.248 e. The average molecular weight is 260 g/mol. The van der Waals surface area contributed by atoms with Gasteiger partial charge in [0.15, 0.2) is 5.82 Å². The van der Waals surface area contributed by atoms with Crippen LogP contribution in [0.25, 0.3) is 11.1 Å². The number of hydrogen-bond acceptors (Lipinski definition) is 1. The molecular formula is C11H5Cl2F2N. The van der Waals surface area contributed by atoms with Crippen LogP contribution in [0.15, 0.2) is 30.5 Å². The normalized spacial score (nSPS) is 10.5. The summed E-state index contributed by atoms with van der Waals surface area (Å²) in [7, 11) is 0. The minimum atomic E-state index is -1.14. The SMILES string of the molecule is Fc1cc(-c2cccc(Cl)c2Cl)cnc1F. The molecule has 0 unspecified atom stereocenters. The number of hydrogen-bond donors (Lipinski definition) is 0. The van der Waals surface area contributed by atoms with Crippen molar-refractivity contribution in [2.24, 2.45) is 0 Å². The standard InChI is InChI=1S/C11H5Cl2F2N/c12-8-3-1-2-7(10(8)13)6-4-9(14)11(15)16-5-6/h1-5H. The van der Waals surface area contributed by atoms with E-state index in [0.717, 1.165) is 6.07 Å². The van der Waals surface area contributed by atoms with Crippen molar-refractivity contribution in [3.05, 3.63) is 52.3 Å². The fraction of sp³-hybridized carbons (Fsp3) is 0. The third-order valence-corrected chi connectivity index (χ3v) is 2.88. The van der Waals surface area contributed by atoms with Crippen molar-refractivity contribution in [1.29, 1.82) is 0 Å². The lowest BCUT2D eigenvalue weighted by atomic mass is 10.1. The molecule has 0 spiro atoms. The summed E-state index contributed by atoms with van der Waals surface area (Å²) in [6.07, 6.45) is 1.20. The zero-order valence-electron chi connectivity index (χ0n) is 7.85. The molecular weight excluding hydrogens is 255 g/mol. The molecule has 5 heteroatoms. The van der Waals surface area contributed by atoms with Gasteiger partial charge >= 0.3 is 0 Å². The Balaban J connectivity index is 2.59. The van der Waals surface area contributed by atoms with E-state index in [1.807, 2.05) is 0 Å². The van der Waals surface area contributed by atoms with E-state index in [1.165, 1.54) is 6.20 Å². The molecule has 82 valence electrons. The fourth-order valence-electron chi connectivity index (χ4n) is 1.30. The van der Waals surface area contributed by atoms with E-state index in [1.54, 1.807) is 18.2 Å². The molecule has 0 aliphatic heterocycles. The molecule has 0 atom stereocenters. The predicted molar refractivity (Wildman–Crippen MR) is 59.6 cm³/mol. The van der Waals surface area contributed by atoms with Gasteiger partial charge in [-0.15, -0.1) is 0 Å². The van der Waals surface area contributed by atoms with Gasteiger partial charge in [0.2, 0.25) is 5.95 Å². The van der Waals surface area contributed by atoms with Crippen molar-refractivity contribution in [2.45, 2.75) is 0 Å². The van der Waals surface area contributed by atoms with Gasteiger partial charge in [-0.1, -0.05) is 35.3 Å². The van der Waals surface area contributed by atoms with Crippen molar-refractivity contribution in [2.75, 3.05) is 0 Å². The van der Waals surface area contributed by atoms with Gasteiger partial charge in [0, 0.05) is 17.3 Å². The van der Waals surface area contributed by atoms with Crippen LogP contribution in [0.1, 0.15) is 0 Å². The molecule has 1 aromatic carbocycles. The Labute approximate surface area is 101 Å². The Morgan fingerprint density at radius 3 is 2.56 bits per heavy atom. The molecule has 1 heterocycles. The van der Waals surface area contributed by atoms with Crippen LogP contribution in [0.3, 0.4) is 0 Å². The Bertz CT molecular complexity index is 544. The van der Waals surface area contributed by atoms with Crippen molar-refractivity contribution in [1.82, 2.24) is 4.98 Å². The fourth-order valence-corrected chi connectivity index (χ4v) is 1.70. The van der Waals surface area contributed by atoms with E-state index in [-0.39, 0.29) is 5.02 Å². The number of pyridine rings is 1. The maximum atomic E-state index is 13.0. The highest BCUT2D eigenvalue weighted by Crippen LogP contribution is 2.33. The third-order valence-electron chi connectivity index (χ3n) is 2.06. The molecule has 2 aromatic rings. The summed E-state index contributed by atoms with van der Waals surface area (Å²) < 4.78 is 25.6. The van der Waals surface area contributed by atoms with Crippen molar-refractivity contribution >= 4 is 23.2 Å². The second kappa shape index (κ2) is 4.36. The Morgan fingerprint density at radius 1 is 1.12 bits per heavy atom. The minimum absolute atomic E-state index is 0.289. The van der Waals surface area contributed by atoms with Crippen LogP contribution in [-0.2, 0) is 0 Å². The van der Waals surface area contributed by atoms with E-state index in [9.17, 15) is 8.78 Å². The predicted octanol–water partition coefficient (Wildman–Crippen LogP) is 4.33. The molecule has 0 aliphatic carbocycles. The van der Waals surface area contributed by atoms with Crippen LogP contribution in [0.4, 0.5) is 8.78 Å². The van der Waals surface area contributed by atoms with Crippen molar-refractivity contribution < 1.29 is 8.78 Å². The first-order chi connectivity index (χ1) is 7.59. The summed E-state index contributed by atoms with van der Waals surface area (Å²) in [5.41, 5.74) is 0.895. The lowest BCUT2D eigenvalue weighted by molar-refractivity contribution is 0.480. The molecule has 0 aliphatic rings. The largest absolute Gasteiger partial charge is 0.248 e. The highest BCUT2D eigenvalue weighted by atomic mass is 35.5. The first-order valence-electron chi connectivity index (χ1n) is 4.35. The molecule has 0 saturated carbocycles. The summed E-state index contributed by atoms with van der Waals surface area (Å²) >= 11 is 11.8. The molecule has 2 rings (SSSR count). The Kier molecular flexibility index (Phi) is 3.08. The van der Waals surface area contributed by atoms with E-state index < -0.39 is 11.8 Å². The highest BCUT2D eigenvalue weighted by molar-refractivity contribution is 6.43. The van der Waals surface area contributed by atoms with Crippen LogP contribution in [-0.4, -0.2) is 4.98 Å². The quantitative estimate of drug-likeness (QED) is 0.695. The Morgan fingerprint density at radius 2 is 1.88 bits per heavy atom. The number of aromatic nitrogens is 1. The molecule has 0 N–H and O–H groups in total. The second-order valence-corrected chi connectivity index (χ2v) is 3.88. The van der Waals surface area contributed by atoms with E-state index in [0.29, 0.717) is 16.1 Å². The van der Waals surface area contributed by atoms with Crippen LogP contribution in [0, 0.1) is 11.8 Å². The second-order valence-electron chi connectivity index (χ2n) is 3.10. The van der Waals surface area contributed by atoms with Crippen molar-refractivity contribution in [3.8, 4) is 11.1 Å². The molecule has 1 aromatic heterocycles. The maximum absolute atomic E-state index is 13.0. The Hall–Kier alpha value is -1.19. The minimum Gasteiger partial charge on any atom is -0.225 e. The van der Waals surface area contributed by atoms with Gasteiger partial charge in [-0.2, -0.15) is 4.39 Å². The van der Waals surface area contributed by atoms with Gasteiger partial charge in [0.05, 0.1) is 10.0 Å². The molecule has 1 nitrogen and oxygen atoms in total. The monoisotopic (exact) mass is 259 g/mol. The number of benzene rings is 1. The average Bonchev–Trinajstić information content (AvgIpc) is 2.26. The van der Waals surface area contributed by atoms with Crippen molar-refractivity contribution in [3.63, 3.8) is 0 Å². The summed E-state index contributed by atoms with van der Waals surface area (Å²) in [4.78, 5) is 3.28. The number of nitrogens with zero attached hydrogens (tertiary/aromatic N) is 1. The van der Waals surface area contributed by atoms with Gasteiger partial charge in [-0.3, -0.25) is 0 Å². The van der Waals surface area contributed by atoms with E-state index >= 15 is 0 Å². The lowest BCUT2D eigenvalue weighted by Gasteiger charge is -2.05. The number of halogens is 4. The highest BCUT2D eigenvalue weighted by Gasteiger charge is 2.10. The summed E-state index contributed by atoms with van der Waals surface area (Å²) in [6, 6.07) is 5.97. The smallest absolute Gasteiger partial charge is 0.225 e. The lowest BCUT2D eigenvalue weighted by Crippen LogP contribution is -1.90. The van der Waals surface area contributed by atoms with E-state index in [4.69, 9.17) is 23.2 Å². The number of rotatable bonds is 1. The zero-order valence-corrected chi connectivity index (χ0v) is 9.36. The molecule has 0 fully saturated rings. The van der Waals surface area contributed by atoms with Gasteiger partial charge < -0.3 is 0 Å². The van der Waals surface area contributed by atoms with Gasteiger partial charge in [-0.05, 0) is 12.1 Å². The first kappa shape index (κ1) is 11.3. The van der Waals surface area contributed by atoms with Crippen LogP contribution in [0.5, 0.6) is 0 Å². The zero-order chi connectivity index (χ0) is 11.7. The van der Waals surface area contributed by atoms with Gasteiger partial charge in [0.1, 0.15) is 0 Å². The first-order valence-corrected chi connectivity index (χ1v) is 5.10. The molecule has 0 saturated heterocycles. The van der Waals surface area contributed by atoms with Crippen LogP contribution in [0.2, 0.25) is 10.0 Å². The third kappa shape index (κ3) is 2.01. The molecule has 0 bridgehead atoms. The summed E-state index contributed by atoms with van der Waals surface area (Å²) in [5.74, 6) is -2.16. The van der Waals surface area contributed by atoms with Gasteiger partial charge in [-0.25, -0.2) is 9.37 Å². The van der Waals surface area contributed by atoms with E-state index in [2.05, 4.69) is 4.98 Å². The van der Waals surface area contributed by atoms with Gasteiger partial charge in [0.25, 0.3) is 0 Å². The topological polar surface area (TPSA) is 12.9 Å². The van der Waals surface area contributed by atoms with Crippen LogP contribution >= 0.6 is 23.2 Å². The molecule has 16 heavy (non-hydrogen) atoms. The van der Waals surface area contributed by atoms with Crippen LogP contribution < -0.4 is 0 Å². The molecule has 0 radical (unpaired) electrons. The molecule has 0 amide bonds. The summed E-state index contributed by atoms with van der Waals surface area (Å²) in [6.45, 7) is 0. The summed E-state index contributed by atoms with van der Waals surface area (Å²) in [5, 5.41) is 0.640.